The maximum Gasteiger partial charge on any atom is 0.434 e. The summed E-state index contributed by atoms with van der Waals surface area (Å²) in [4.78, 5) is 12.7. The lowest BCUT2D eigenvalue weighted by Gasteiger charge is -2.14. The minimum Gasteiger partial charge on any atom is -0.495 e. The predicted octanol–water partition coefficient (Wildman–Crippen LogP) is 5.77. The molecular weight excluding hydrogens is 430 g/mol. The summed E-state index contributed by atoms with van der Waals surface area (Å²) in [6, 6.07) is 8.58. The van der Waals surface area contributed by atoms with Crippen molar-refractivity contribution in [1.29, 1.82) is 0 Å². The summed E-state index contributed by atoms with van der Waals surface area (Å²) >= 11 is 11.8. The van der Waals surface area contributed by atoms with Gasteiger partial charge in [-0.3, -0.25) is 4.79 Å². The second-order valence-corrected chi connectivity index (χ2v) is 6.89. The molecule has 0 radical (unpaired) electrons. The van der Waals surface area contributed by atoms with Gasteiger partial charge in [0.05, 0.1) is 30.2 Å². The Hall–Kier alpha value is -2.71. The summed E-state index contributed by atoms with van der Waals surface area (Å²) in [5.41, 5.74) is -0.924. The molecule has 0 atom stereocenters. The molecule has 1 N–H and O–H groups in total. The molecule has 0 saturated carbocycles. The molecule has 3 rings (SSSR count). The molecule has 5 nitrogen and oxygen atoms in total. The van der Waals surface area contributed by atoms with Crippen LogP contribution in [-0.4, -0.2) is 22.8 Å². The number of carbonyl (C=O) groups is 1. The molecule has 0 bridgehead atoms. The molecule has 1 aromatic heterocycles. The van der Waals surface area contributed by atoms with Crippen molar-refractivity contribution in [1.82, 2.24) is 9.78 Å². The van der Waals surface area contributed by atoms with Gasteiger partial charge >= 0.3 is 6.18 Å². The Morgan fingerprint density at radius 3 is 2.41 bits per heavy atom. The minimum atomic E-state index is -4.83. The summed E-state index contributed by atoms with van der Waals surface area (Å²) < 4.78 is 47.1. The third-order valence-electron chi connectivity index (χ3n) is 4.08. The number of nitrogens with one attached hydrogen (secondary N) is 1. The van der Waals surface area contributed by atoms with Crippen molar-refractivity contribution in [2.24, 2.45) is 0 Å². The number of alkyl halides is 3. The number of ether oxygens (including phenoxy) is 1. The van der Waals surface area contributed by atoms with Crippen LogP contribution in [0, 0.1) is 6.92 Å². The largest absolute Gasteiger partial charge is 0.495 e. The van der Waals surface area contributed by atoms with E-state index in [9.17, 15) is 18.0 Å². The Balaban J connectivity index is 2.04. The quantitative estimate of drug-likeness (QED) is 0.556. The molecule has 10 heteroatoms. The van der Waals surface area contributed by atoms with Crippen molar-refractivity contribution in [2.75, 3.05) is 12.4 Å². The van der Waals surface area contributed by atoms with Gasteiger partial charge in [0.25, 0.3) is 5.91 Å². The first kappa shape index (κ1) is 21.0. The summed E-state index contributed by atoms with van der Waals surface area (Å²) in [5.74, 6) is -0.773. The third kappa shape index (κ3) is 4.33. The van der Waals surface area contributed by atoms with E-state index in [0.29, 0.717) is 20.3 Å². The fourth-order valence-corrected chi connectivity index (χ4v) is 2.96. The zero-order valence-corrected chi connectivity index (χ0v) is 16.7. The first-order chi connectivity index (χ1) is 13.6. The molecule has 1 amide bonds. The fourth-order valence-electron chi connectivity index (χ4n) is 2.68. The van der Waals surface area contributed by atoms with Crippen LogP contribution in [0.15, 0.2) is 42.6 Å². The number of amides is 1. The number of halogens is 5. The number of aryl methyl sites for hydroxylation is 1. The summed E-state index contributed by atoms with van der Waals surface area (Å²) in [5, 5.41) is 6.95. The predicted molar refractivity (Wildman–Crippen MR) is 104 cm³/mol. The van der Waals surface area contributed by atoms with Crippen molar-refractivity contribution in [3.8, 4) is 11.4 Å². The molecule has 152 valence electrons. The Bertz CT molecular complexity index is 1060. The van der Waals surface area contributed by atoms with E-state index in [4.69, 9.17) is 27.9 Å². The zero-order chi connectivity index (χ0) is 21.3. The van der Waals surface area contributed by atoms with Crippen LogP contribution in [0.25, 0.3) is 5.69 Å². The molecular formula is C19H14Cl2F3N3O2. The van der Waals surface area contributed by atoms with Crippen molar-refractivity contribution >= 4 is 34.8 Å². The lowest BCUT2D eigenvalue weighted by Crippen LogP contribution is -2.21. The van der Waals surface area contributed by atoms with Crippen LogP contribution in [0.1, 0.15) is 21.6 Å². The van der Waals surface area contributed by atoms with Crippen LogP contribution in [-0.2, 0) is 6.18 Å². The SMILES string of the molecule is COc1cc(Cl)c(C)cc1NC(=O)c1cnn(-c2ccc(Cl)cc2)c1C(F)(F)F. The number of rotatable bonds is 4. The van der Waals surface area contributed by atoms with E-state index >= 15 is 0 Å². The lowest BCUT2D eigenvalue weighted by molar-refractivity contribution is -0.143. The van der Waals surface area contributed by atoms with Crippen molar-refractivity contribution in [2.45, 2.75) is 13.1 Å². The molecule has 1 heterocycles. The maximum atomic E-state index is 13.8. The second-order valence-electron chi connectivity index (χ2n) is 6.05. The van der Waals surface area contributed by atoms with Crippen molar-refractivity contribution < 1.29 is 22.7 Å². The Labute approximate surface area is 174 Å². The van der Waals surface area contributed by atoms with Crippen LogP contribution < -0.4 is 10.1 Å². The zero-order valence-electron chi connectivity index (χ0n) is 15.1. The number of hydrogen-bond donors (Lipinski definition) is 1. The van der Waals surface area contributed by atoms with E-state index in [2.05, 4.69) is 10.4 Å². The van der Waals surface area contributed by atoms with Gasteiger partial charge in [0, 0.05) is 16.1 Å². The van der Waals surface area contributed by atoms with Crippen LogP contribution >= 0.6 is 23.2 Å². The summed E-state index contributed by atoms with van der Waals surface area (Å²) in [6.45, 7) is 1.69. The summed E-state index contributed by atoms with van der Waals surface area (Å²) in [6.07, 6.45) is -3.97. The van der Waals surface area contributed by atoms with Crippen molar-refractivity contribution in [3.63, 3.8) is 0 Å². The smallest absolute Gasteiger partial charge is 0.434 e. The van der Waals surface area contributed by atoms with Gasteiger partial charge in [0.1, 0.15) is 5.75 Å². The first-order valence-electron chi connectivity index (χ1n) is 8.18. The maximum absolute atomic E-state index is 13.8. The summed E-state index contributed by atoms with van der Waals surface area (Å²) in [7, 11) is 1.36. The molecule has 0 spiro atoms. The highest BCUT2D eigenvalue weighted by Crippen LogP contribution is 2.35. The highest BCUT2D eigenvalue weighted by atomic mass is 35.5. The van der Waals surface area contributed by atoms with Crippen LogP contribution in [0.2, 0.25) is 10.0 Å². The number of nitrogens with zero attached hydrogens (tertiary/aromatic N) is 2. The molecule has 0 unspecified atom stereocenters. The van der Waals surface area contributed by atoms with Crippen molar-refractivity contribution in [3.05, 3.63) is 69.5 Å². The van der Waals surface area contributed by atoms with E-state index in [1.54, 1.807) is 6.92 Å². The minimum absolute atomic E-state index is 0.112. The molecule has 3 aromatic rings. The van der Waals surface area contributed by atoms with Gasteiger partial charge < -0.3 is 10.1 Å². The van der Waals surface area contributed by atoms with Gasteiger partial charge in [-0.2, -0.15) is 18.3 Å². The Morgan fingerprint density at radius 2 is 1.83 bits per heavy atom. The van der Waals surface area contributed by atoms with Gasteiger partial charge in [-0.25, -0.2) is 4.68 Å². The van der Waals surface area contributed by atoms with Gasteiger partial charge in [-0.05, 0) is 42.8 Å². The average Bonchev–Trinajstić information content (AvgIpc) is 3.11. The topological polar surface area (TPSA) is 56.1 Å². The standard InChI is InChI=1S/C19H14Cl2F3N3O2/c1-10-7-15(16(29-2)8-14(10)21)26-18(28)13-9-25-27(17(13)19(22,23)24)12-5-3-11(20)4-6-12/h3-9H,1-2H3,(H,26,28). The van der Waals surface area contributed by atoms with E-state index in [1.165, 1.54) is 43.5 Å². The van der Waals surface area contributed by atoms with E-state index in [1.807, 2.05) is 0 Å². The number of methoxy groups -OCH3 is 1. The van der Waals surface area contributed by atoms with E-state index in [0.717, 1.165) is 6.20 Å². The monoisotopic (exact) mass is 443 g/mol. The van der Waals surface area contributed by atoms with E-state index in [-0.39, 0.29) is 17.1 Å². The fraction of sp³-hybridized carbons (Fsp3) is 0.158. The number of hydrogen-bond acceptors (Lipinski definition) is 3. The first-order valence-corrected chi connectivity index (χ1v) is 8.94. The average molecular weight is 444 g/mol. The highest BCUT2D eigenvalue weighted by Gasteiger charge is 2.40. The number of benzene rings is 2. The highest BCUT2D eigenvalue weighted by molar-refractivity contribution is 6.31. The Morgan fingerprint density at radius 1 is 1.17 bits per heavy atom. The van der Waals surface area contributed by atoms with Gasteiger partial charge in [0.2, 0.25) is 0 Å². The Kier molecular flexibility index (Phi) is 5.77. The van der Waals surface area contributed by atoms with Gasteiger partial charge in [0.15, 0.2) is 5.69 Å². The second kappa shape index (κ2) is 7.96. The lowest BCUT2D eigenvalue weighted by atomic mass is 10.1. The number of aromatic nitrogens is 2. The molecule has 0 aliphatic rings. The molecule has 0 fully saturated rings. The number of anilines is 1. The molecule has 0 aliphatic heterocycles. The number of carbonyl (C=O) groups excluding carboxylic acids is 1. The van der Waals surface area contributed by atoms with Gasteiger partial charge in [-0.15, -0.1) is 0 Å². The van der Waals surface area contributed by atoms with Crippen LogP contribution in [0.3, 0.4) is 0 Å². The molecule has 2 aromatic carbocycles. The molecule has 0 aliphatic carbocycles. The van der Waals surface area contributed by atoms with Crippen LogP contribution in [0.4, 0.5) is 18.9 Å². The van der Waals surface area contributed by atoms with Crippen LogP contribution in [0.5, 0.6) is 5.75 Å². The molecule has 0 saturated heterocycles. The molecule has 29 heavy (non-hydrogen) atoms. The van der Waals surface area contributed by atoms with E-state index < -0.39 is 23.3 Å². The normalized spacial score (nSPS) is 11.4. The van der Waals surface area contributed by atoms with Gasteiger partial charge in [-0.1, -0.05) is 23.2 Å². The third-order valence-corrected chi connectivity index (χ3v) is 4.74.